The fraction of sp³-hybridized carbons (Fsp3) is 0.214. The fourth-order valence-corrected chi connectivity index (χ4v) is 2.39. The van der Waals surface area contributed by atoms with Crippen LogP contribution in [-0.4, -0.2) is 17.5 Å². The zero-order valence-electron chi connectivity index (χ0n) is 10.5. The lowest BCUT2D eigenvalue weighted by Crippen LogP contribution is -2.24. The fourth-order valence-electron chi connectivity index (χ4n) is 1.88. The Morgan fingerprint density at radius 1 is 1.29 bits per heavy atom. The maximum Gasteiger partial charge on any atom is 0.397 e. The molecular formula is C14H10Cl2F3NO. The second kappa shape index (κ2) is 6.12. The molecule has 1 aliphatic carbocycles. The van der Waals surface area contributed by atoms with Crippen molar-refractivity contribution in [2.45, 2.75) is 12.6 Å². The molecule has 2 nitrogen and oxygen atoms in total. The van der Waals surface area contributed by atoms with Crippen LogP contribution >= 0.6 is 23.2 Å². The standard InChI is InChI=1S/C14H10Cl2F3NO/c15-9-5-8(13(21)11(16)6-9)7-20-12-4-2-1-3-10(12)14(17,18)19/h1-2,4-7,10,21H,3H2. The Morgan fingerprint density at radius 3 is 2.67 bits per heavy atom. The van der Waals surface area contributed by atoms with Crippen LogP contribution in [0.15, 0.2) is 41.1 Å². The molecule has 0 spiro atoms. The van der Waals surface area contributed by atoms with Gasteiger partial charge in [0.05, 0.1) is 10.7 Å². The topological polar surface area (TPSA) is 32.6 Å². The minimum Gasteiger partial charge on any atom is -0.506 e. The van der Waals surface area contributed by atoms with E-state index in [9.17, 15) is 18.3 Å². The molecule has 0 radical (unpaired) electrons. The van der Waals surface area contributed by atoms with E-state index < -0.39 is 12.1 Å². The summed E-state index contributed by atoms with van der Waals surface area (Å²) >= 11 is 11.5. The Morgan fingerprint density at radius 2 is 2.00 bits per heavy atom. The van der Waals surface area contributed by atoms with E-state index in [2.05, 4.69) is 4.99 Å². The summed E-state index contributed by atoms with van der Waals surface area (Å²) in [6, 6.07) is 2.70. The minimum absolute atomic E-state index is 0.00819. The van der Waals surface area contributed by atoms with E-state index in [1.165, 1.54) is 30.4 Å². The molecule has 0 amide bonds. The third-order valence-electron chi connectivity index (χ3n) is 2.94. The Kier molecular flexibility index (Phi) is 4.64. The van der Waals surface area contributed by atoms with Crippen LogP contribution in [0.5, 0.6) is 5.75 Å². The number of nitrogens with zero attached hydrogens (tertiary/aromatic N) is 1. The number of phenols is 1. The molecule has 1 aromatic rings. The predicted molar refractivity (Wildman–Crippen MR) is 77.1 cm³/mol. The summed E-state index contributed by atoms with van der Waals surface area (Å²) in [7, 11) is 0. The van der Waals surface area contributed by atoms with Crippen molar-refractivity contribution in [2.24, 2.45) is 10.9 Å². The van der Waals surface area contributed by atoms with Gasteiger partial charge in [0.2, 0.25) is 0 Å². The Hall–Kier alpha value is -1.46. The molecule has 0 saturated heterocycles. The van der Waals surface area contributed by atoms with Crippen molar-refractivity contribution in [3.63, 3.8) is 0 Å². The van der Waals surface area contributed by atoms with Gasteiger partial charge in [0.15, 0.2) is 0 Å². The summed E-state index contributed by atoms with van der Waals surface area (Å²) in [5.41, 5.74) is 0.0318. The highest BCUT2D eigenvalue weighted by atomic mass is 35.5. The number of halogens is 5. The van der Waals surface area contributed by atoms with Gasteiger partial charge in [-0.1, -0.05) is 35.4 Å². The summed E-state index contributed by atoms with van der Waals surface area (Å²) in [6.07, 6.45) is 0.833. The van der Waals surface area contributed by atoms with Gasteiger partial charge in [0.1, 0.15) is 11.7 Å². The summed E-state index contributed by atoms with van der Waals surface area (Å²) in [5, 5.41) is 10.0. The summed E-state index contributed by atoms with van der Waals surface area (Å²) in [6.45, 7) is 0. The van der Waals surface area contributed by atoms with Gasteiger partial charge in [-0.2, -0.15) is 13.2 Å². The molecule has 1 aromatic carbocycles. The minimum atomic E-state index is -4.37. The second-order valence-electron chi connectivity index (χ2n) is 4.43. The van der Waals surface area contributed by atoms with Crippen molar-refractivity contribution in [1.29, 1.82) is 0 Å². The highest BCUT2D eigenvalue weighted by molar-refractivity contribution is 6.36. The van der Waals surface area contributed by atoms with Crippen molar-refractivity contribution in [2.75, 3.05) is 0 Å². The summed E-state index contributed by atoms with van der Waals surface area (Å²) < 4.78 is 38.7. The smallest absolute Gasteiger partial charge is 0.397 e. The molecule has 1 atom stereocenters. The van der Waals surface area contributed by atoms with Crippen LogP contribution in [0.2, 0.25) is 10.0 Å². The van der Waals surface area contributed by atoms with Gasteiger partial charge in [0, 0.05) is 16.8 Å². The van der Waals surface area contributed by atoms with E-state index in [4.69, 9.17) is 23.2 Å². The molecule has 21 heavy (non-hydrogen) atoms. The van der Waals surface area contributed by atoms with Crippen molar-refractivity contribution in [1.82, 2.24) is 0 Å². The number of hydrogen-bond acceptors (Lipinski definition) is 2. The Labute approximate surface area is 129 Å². The molecule has 0 aromatic heterocycles. The first-order valence-corrected chi connectivity index (χ1v) is 6.70. The number of aromatic hydroxyl groups is 1. The summed E-state index contributed by atoms with van der Waals surface area (Å²) in [4.78, 5) is 3.83. The molecule has 0 heterocycles. The normalized spacial score (nSPS) is 19.1. The number of rotatable bonds is 2. The van der Waals surface area contributed by atoms with Crippen LogP contribution in [0.1, 0.15) is 12.0 Å². The zero-order chi connectivity index (χ0) is 15.6. The van der Waals surface area contributed by atoms with Gasteiger partial charge in [-0.05, 0) is 24.6 Å². The average molecular weight is 336 g/mol. The molecule has 1 N–H and O–H groups in total. The number of benzene rings is 1. The predicted octanol–water partition coefficient (Wildman–Crippen LogP) is 5.14. The molecule has 1 aliphatic rings. The number of alkyl halides is 3. The van der Waals surface area contributed by atoms with E-state index in [0.29, 0.717) is 0 Å². The van der Waals surface area contributed by atoms with Gasteiger partial charge in [-0.25, -0.2) is 0 Å². The van der Waals surface area contributed by atoms with Crippen molar-refractivity contribution in [3.8, 4) is 5.75 Å². The molecule has 0 fully saturated rings. The van der Waals surface area contributed by atoms with E-state index in [1.807, 2.05) is 0 Å². The van der Waals surface area contributed by atoms with E-state index >= 15 is 0 Å². The van der Waals surface area contributed by atoms with Gasteiger partial charge in [0.25, 0.3) is 0 Å². The van der Waals surface area contributed by atoms with E-state index in [0.717, 1.165) is 6.21 Å². The third-order valence-corrected chi connectivity index (χ3v) is 3.44. The Balaban J connectivity index is 2.32. The number of phenolic OH excluding ortho intramolecular Hbond substituents is 1. The van der Waals surface area contributed by atoms with E-state index in [-0.39, 0.29) is 33.5 Å². The molecule has 112 valence electrons. The van der Waals surface area contributed by atoms with Crippen LogP contribution < -0.4 is 0 Å². The maximum atomic E-state index is 12.9. The van der Waals surface area contributed by atoms with Crippen LogP contribution in [0.25, 0.3) is 0 Å². The lowest BCUT2D eigenvalue weighted by atomic mass is 9.96. The lowest BCUT2D eigenvalue weighted by Gasteiger charge is -2.21. The lowest BCUT2D eigenvalue weighted by molar-refractivity contribution is -0.163. The highest BCUT2D eigenvalue weighted by Crippen LogP contribution is 2.37. The average Bonchev–Trinajstić information content (AvgIpc) is 2.40. The first-order chi connectivity index (χ1) is 9.79. The Bertz CT molecular complexity index is 636. The molecule has 2 rings (SSSR count). The van der Waals surface area contributed by atoms with Gasteiger partial charge < -0.3 is 5.11 Å². The maximum absolute atomic E-state index is 12.9. The van der Waals surface area contributed by atoms with Crippen molar-refractivity contribution >= 4 is 29.4 Å². The molecule has 0 bridgehead atoms. The van der Waals surface area contributed by atoms with E-state index in [1.54, 1.807) is 0 Å². The molecule has 0 saturated carbocycles. The molecule has 0 aliphatic heterocycles. The first-order valence-electron chi connectivity index (χ1n) is 5.94. The van der Waals surface area contributed by atoms with Crippen LogP contribution in [0.3, 0.4) is 0 Å². The second-order valence-corrected chi connectivity index (χ2v) is 5.28. The van der Waals surface area contributed by atoms with Crippen LogP contribution in [-0.2, 0) is 0 Å². The molecular weight excluding hydrogens is 326 g/mol. The van der Waals surface area contributed by atoms with Crippen LogP contribution in [0.4, 0.5) is 13.2 Å². The first kappa shape index (κ1) is 15.9. The van der Waals surface area contributed by atoms with Crippen LogP contribution in [0, 0.1) is 5.92 Å². The molecule has 7 heteroatoms. The number of aliphatic imine (C=N–C) groups is 1. The van der Waals surface area contributed by atoms with Gasteiger partial charge in [-0.15, -0.1) is 0 Å². The van der Waals surface area contributed by atoms with Crippen molar-refractivity contribution in [3.05, 3.63) is 51.7 Å². The quantitative estimate of drug-likeness (QED) is 0.745. The summed E-state index contributed by atoms with van der Waals surface area (Å²) in [5.74, 6) is -1.93. The largest absolute Gasteiger partial charge is 0.506 e. The zero-order valence-corrected chi connectivity index (χ0v) is 12.0. The van der Waals surface area contributed by atoms with Gasteiger partial charge >= 0.3 is 6.18 Å². The third kappa shape index (κ3) is 3.80. The number of hydrogen-bond donors (Lipinski definition) is 1. The monoisotopic (exact) mass is 335 g/mol. The molecule has 1 unspecified atom stereocenters. The van der Waals surface area contributed by atoms with Gasteiger partial charge in [-0.3, -0.25) is 4.99 Å². The highest BCUT2D eigenvalue weighted by Gasteiger charge is 2.41. The van der Waals surface area contributed by atoms with Crippen molar-refractivity contribution < 1.29 is 18.3 Å². The SMILES string of the molecule is Oc1c(Cl)cc(Cl)cc1C=NC1=CC=CCC1C(F)(F)F. The number of allylic oxidation sites excluding steroid dienone is 4.